The Kier molecular flexibility index (Phi) is 5.14. The molecule has 0 aliphatic heterocycles. The highest BCUT2D eigenvalue weighted by Crippen LogP contribution is 2.16. The van der Waals surface area contributed by atoms with Crippen LogP contribution < -0.4 is 15.7 Å². The van der Waals surface area contributed by atoms with E-state index in [1.807, 2.05) is 0 Å². The van der Waals surface area contributed by atoms with Crippen LogP contribution in [0.2, 0.25) is 0 Å². The lowest BCUT2D eigenvalue weighted by Gasteiger charge is -2.19. The molecule has 0 fully saturated rings. The van der Waals surface area contributed by atoms with Gasteiger partial charge in [0.2, 0.25) is 0 Å². The van der Waals surface area contributed by atoms with Crippen molar-refractivity contribution in [2.75, 3.05) is 5.32 Å². The number of carbonyl (C=O) groups is 3. The molecule has 1 heterocycles. The third kappa shape index (κ3) is 3.97. The largest absolute Gasteiger partial charge is 0.548 e. The number of rotatable bonds is 6. The van der Waals surface area contributed by atoms with E-state index in [0.717, 1.165) is 0 Å². The molecule has 0 spiro atoms. The first kappa shape index (κ1) is 16.3. The summed E-state index contributed by atoms with van der Waals surface area (Å²) >= 11 is 0. The van der Waals surface area contributed by atoms with Gasteiger partial charge in [0.05, 0.1) is 29.5 Å². The number of hydrogen-bond donors (Lipinski definition) is 2. The number of carboxylic acids is 1. The summed E-state index contributed by atoms with van der Waals surface area (Å²) in [6.07, 6.45) is 1.55. The van der Waals surface area contributed by atoms with Crippen molar-refractivity contribution >= 4 is 23.5 Å². The number of amides is 2. The Labute approximate surface area is 132 Å². The van der Waals surface area contributed by atoms with Crippen molar-refractivity contribution in [2.24, 2.45) is 0 Å². The summed E-state index contributed by atoms with van der Waals surface area (Å²) in [5, 5.41) is 15.8. The minimum Gasteiger partial charge on any atom is -0.548 e. The molecule has 23 heavy (non-hydrogen) atoms. The molecule has 1 atom stereocenters. The van der Waals surface area contributed by atoms with Gasteiger partial charge >= 0.3 is 0 Å². The lowest BCUT2D eigenvalue weighted by molar-refractivity contribution is -0.308. The maximum atomic E-state index is 12.2. The summed E-state index contributed by atoms with van der Waals surface area (Å²) in [4.78, 5) is 35.1. The quantitative estimate of drug-likeness (QED) is 0.818. The third-order valence-corrected chi connectivity index (χ3v) is 3.16. The second kappa shape index (κ2) is 7.26. The SMILES string of the molecule is CC[C@@H](NC(=O)c1ccccc1NC(=O)c1ccco1)C(=O)[O-]. The van der Waals surface area contributed by atoms with E-state index in [-0.39, 0.29) is 23.4 Å². The van der Waals surface area contributed by atoms with Crippen LogP contribution >= 0.6 is 0 Å². The van der Waals surface area contributed by atoms with Gasteiger partial charge in [0.25, 0.3) is 11.8 Å². The highest BCUT2D eigenvalue weighted by molar-refractivity contribution is 6.08. The molecule has 0 aliphatic rings. The minimum absolute atomic E-state index is 0.0985. The molecule has 0 aliphatic carbocycles. The van der Waals surface area contributed by atoms with E-state index in [1.165, 1.54) is 24.5 Å². The smallest absolute Gasteiger partial charge is 0.291 e. The fourth-order valence-corrected chi connectivity index (χ4v) is 1.95. The van der Waals surface area contributed by atoms with Crippen molar-refractivity contribution in [1.82, 2.24) is 5.32 Å². The van der Waals surface area contributed by atoms with Crippen molar-refractivity contribution in [3.05, 3.63) is 54.0 Å². The minimum atomic E-state index is -1.36. The highest BCUT2D eigenvalue weighted by Gasteiger charge is 2.18. The normalized spacial score (nSPS) is 11.5. The molecule has 120 valence electrons. The number of hydrogen-bond acceptors (Lipinski definition) is 5. The molecule has 2 rings (SSSR count). The van der Waals surface area contributed by atoms with Crippen LogP contribution in [0.25, 0.3) is 0 Å². The number of carboxylic acid groups (broad SMARTS) is 1. The molecule has 1 aromatic heterocycles. The molecule has 0 saturated carbocycles. The molecule has 0 unspecified atom stereocenters. The summed E-state index contributed by atoms with van der Waals surface area (Å²) in [6, 6.07) is 8.23. The second-order valence-corrected chi connectivity index (χ2v) is 4.73. The first-order valence-corrected chi connectivity index (χ1v) is 6.98. The van der Waals surface area contributed by atoms with E-state index in [2.05, 4.69) is 10.6 Å². The molecular formula is C16H15N2O5-. The Hall–Kier alpha value is -3.09. The van der Waals surface area contributed by atoms with E-state index in [1.54, 1.807) is 25.1 Å². The number of para-hydroxylation sites is 1. The zero-order valence-electron chi connectivity index (χ0n) is 12.4. The van der Waals surface area contributed by atoms with Crippen molar-refractivity contribution in [1.29, 1.82) is 0 Å². The molecule has 0 radical (unpaired) electrons. The van der Waals surface area contributed by atoms with Crippen LogP contribution in [0.15, 0.2) is 47.1 Å². The second-order valence-electron chi connectivity index (χ2n) is 4.73. The topological polar surface area (TPSA) is 111 Å². The van der Waals surface area contributed by atoms with Gasteiger partial charge in [0.15, 0.2) is 5.76 Å². The number of anilines is 1. The average Bonchev–Trinajstić information content (AvgIpc) is 3.07. The number of furan rings is 1. The van der Waals surface area contributed by atoms with Gasteiger partial charge in [-0.3, -0.25) is 9.59 Å². The van der Waals surface area contributed by atoms with Gasteiger partial charge in [-0.25, -0.2) is 0 Å². The third-order valence-electron chi connectivity index (χ3n) is 3.16. The van der Waals surface area contributed by atoms with Gasteiger partial charge in [0.1, 0.15) is 0 Å². The molecule has 2 amide bonds. The van der Waals surface area contributed by atoms with E-state index in [9.17, 15) is 19.5 Å². The molecule has 7 nitrogen and oxygen atoms in total. The van der Waals surface area contributed by atoms with Crippen molar-refractivity contribution in [3.63, 3.8) is 0 Å². The number of nitrogens with one attached hydrogen (secondary N) is 2. The van der Waals surface area contributed by atoms with Crippen LogP contribution in [0.1, 0.15) is 34.3 Å². The molecule has 2 aromatic rings. The fraction of sp³-hybridized carbons (Fsp3) is 0.188. The Bertz CT molecular complexity index is 709. The summed E-state index contributed by atoms with van der Waals surface area (Å²) in [7, 11) is 0. The first-order chi connectivity index (χ1) is 11.0. The standard InChI is InChI=1S/C16H16N2O5/c1-2-11(16(21)22)17-14(19)10-6-3-4-7-12(10)18-15(20)13-8-5-9-23-13/h3-9,11H,2H2,1H3,(H,17,19)(H,18,20)(H,21,22)/p-1/t11-/m1/s1. The van der Waals surface area contributed by atoms with Gasteiger partial charge in [-0.2, -0.15) is 0 Å². The summed E-state index contributed by atoms with van der Waals surface area (Å²) < 4.78 is 4.98. The summed E-state index contributed by atoms with van der Waals surface area (Å²) in [5.74, 6) is -2.39. The average molecular weight is 315 g/mol. The maximum Gasteiger partial charge on any atom is 0.291 e. The predicted molar refractivity (Wildman–Crippen MR) is 79.7 cm³/mol. The van der Waals surface area contributed by atoms with E-state index < -0.39 is 23.8 Å². The Morgan fingerprint density at radius 1 is 1.13 bits per heavy atom. The zero-order valence-corrected chi connectivity index (χ0v) is 12.4. The lowest BCUT2D eigenvalue weighted by Crippen LogP contribution is -2.47. The zero-order chi connectivity index (χ0) is 16.8. The van der Waals surface area contributed by atoms with Gasteiger partial charge in [0, 0.05) is 0 Å². The van der Waals surface area contributed by atoms with Gasteiger partial charge in [-0.05, 0) is 30.7 Å². The first-order valence-electron chi connectivity index (χ1n) is 6.98. The van der Waals surface area contributed by atoms with Crippen LogP contribution in [0.3, 0.4) is 0 Å². The van der Waals surface area contributed by atoms with Crippen molar-refractivity contribution < 1.29 is 23.9 Å². The molecule has 7 heteroatoms. The summed E-state index contributed by atoms with van der Waals surface area (Å²) in [5.41, 5.74) is 0.395. The molecular weight excluding hydrogens is 300 g/mol. The van der Waals surface area contributed by atoms with Gasteiger partial charge in [-0.1, -0.05) is 19.1 Å². The Balaban J connectivity index is 2.18. The van der Waals surface area contributed by atoms with Gasteiger partial charge < -0.3 is 25.0 Å². The number of benzene rings is 1. The number of aliphatic carboxylic acids is 1. The van der Waals surface area contributed by atoms with E-state index in [0.29, 0.717) is 0 Å². The summed E-state index contributed by atoms with van der Waals surface area (Å²) in [6.45, 7) is 1.62. The van der Waals surface area contributed by atoms with Crippen LogP contribution in [0.4, 0.5) is 5.69 Å². The van der Waals surface area contributed by atoms with Gasteiger partial charge in [-0.15, -0.1) is 0 Å². The van der Waals surface area contributed by atoms with Crippen LogP contribution in [-0.2, 0) is 4.79 Å². The Morgan fingerprint density at radius 2 is 1.87 bits per heavy atom. The van der Waals surface area contributed by atoms with Crippen molar-refractivity contribution in [2.45, 2.75) is 19.4 Å². The lowest BCUT2D eigenvalue weighted by atomic mass is 10.1. The van der Waals surface area contributed by atoms with Crippen molar-refractivity contribution in [3.8, 4) is 0 Å². The van der Waals surface area contributed by atoms with Crippen LogP contribution in [0.5, 0.6) is 0 Å². The van der Waals surface area contributed by atoms with E-state index in [4.69, 9.17) is 4.42 Å². The fourth-order valence-electron chi connectivity index (χ4n) is 1.95. The maximum absolute atomic E-state index is 12.2. The Morgan fingerprint density at radius 3 is 2.48 bits per heavy atom. The molecule has 0 bridgehead atoms. The van der Waals surface area contributed by atoms with Crippen LogP contribution in [0, 0.1) is 0 Å². The molecule has 0 saturated heterocycles. The highest BCUT2D eigenvalue weighted by atomic mass is 16.4. The van der Waals surface area contributed by atoms with Crippen LogP contribution in [-0.4, -0.2) is 23.8 Å². The molecule has 1 aromatic carbocycles. The predicted octanol–water partition coefficient (Wildman–Crippen LogP) is 0.790. The number of carbonyl (C=O) groups excluding carboxylic acids is 3. The molecule has 2 N–H and O–H groups in total. The van der Waals surface area contributed by atoms with E-state index >= 15 is 0 Å². The monoisotopic (exact) mass is 315 g/mol.